The van der Waals surface area contributed by atoms with Crippen LogP contribution in [0.3, 0.4) is 0 Å². The van der Waals surface area contributed by atoms with E-state index in [0.717, 1.165) is 11.5 Å². The highest BCUT2D eigenvalue weighted by Gasteiger charge is 2.06. The molecule has 0 spiro atoms. The van der Waals surface area contributed by atoms with Crippen molar-refractivity contribution in [2.75, 3.05) is 0 Å². The molecule has 1 heteroatoms. The van der Waals surface area contributed by atoms with Gasteiger partial charge in [0.1, 0.15) is 11.5 Å². The van der Waals surface area contributed by atoms with Crippen molar-refractivity contribution < 1.29 is 4.74 Å². The van der Waals surface area contributed by atoms with E-state index in [1.54, 1.807) is 0 Å². The summed E-state index contributed by atoms with van der Waals surface area (Å²) < 4.78 is 5.96. The van der Waals surface area contributed by atoms with Gasteiger partial charge in [0.25, 0.3) is 0 Å². The Bertz CT molecular complexity index is 582. The molecule has 0 aliphatic heterocycles. The second kappa shape index (κ2) is 5.48. The molecule has 2 rings (SSSR count). The van der Waals surface area contributed by atoms with Crippen LogP contribution in [0.4, 0.5) is 0 Å². The van der Waals surface area contributed by atoms with E-state index < -0.39 is 0 Å². The number of aryl methyl sites for hydroxylation is 3. The number of benzene rings is 2. The Hall–Kier alpha value is -1.76. The number of rotatable bonds is 3. The molecule has 0 saturated heterocycles. The molecule has 0 fully saturated rings. The molecular formula is C18H22O. The van der Waals surface area contributed by atoms with Crippen LogP contribution in [0.1, 0.15) is 42.0 Å². The van der Waals surface area contributed by atoms with Crippen LogP contribution in [-0.4, -0.2) is 0 Å². The van der Waals surface area contributed by atoms with Crippen LogP contribution in [0, 0.1) is 20.8 Å². The smallest absolute Gasteiger partial charge is 0.127 e. The topological polar surface area (TPSA) is 9.23 Å². The van der Waals surface area contributed by atoms with Crippen LogP contribution < -0.4 is 4.74 Å². The summed E-state index contributed by atoms with van der Waals surface area (Å²) in [5.41, 5.74) is 5.22. The summed E-state index contributed by atoms with van der Waals surface area (Å²) in [5.74, 6) is 2.34. The van der Waals surface area contributed by atoms with E-state index >= 15 is 0 Å². The maximum Gasteiger partial charge on any atom is 0.127 e. The third-order valence-electron chi connectivity index (χ3n) is 3.59. The minimum atomic E-state index is 0.517. The fraction of sp³-hybridized carbons (Fsp3) is 0.333. The number of ether oxygens (including phenoxy) is 1. The molecule has 0 heterocycles. The lowest BCUT2D eigenvalue weighted by atomic mass is 9.98. The van der Waals surface area contributed by atoms with Gasteiger partial charge in [0.15, 0.2) is 0 Å². The van der Waals surface area contributed by atoms with Gasteiger partial charge in [0.2, 0.25) is 0 Å². The van der Waals surface area contributed by atoms with Crippen molar-refractivity contribution in [1.82, 2.24) is 0 Å². The quantitative estimate of drug-likeness (QED) is 0.700. The van der Waals surface area contributed by atoms with Gasteiger partial charge in [-0.15, -0.1) is 0 Å². The summed E-state index contributed by atoms with van der Waals surface area (Å²) in [5, 5.41) is 0. The van der Waals surface area contributed by atoms with E-state index in [0.29, 0.717) is 5.92 Å². The van der Waals surface area contributed by atoms with Gasteiger partial charge in [-0.3, -0.25) is 0 Å². The average Bonchev–Trinajstić information content (AvgIpc) is 2.36. The Kier molecular flexibility index (Phi) is 3.94. The molecule has 0 saturated carbocycles. The first-order chi connectivity index (χ1) is 8.97. The highest BCUT2D eigenvalue weighted by atomic mass is 16.5. The highest BCUT2D eigenvalue weighted by molar-refractivity contribution is 5.41. The molecule has 0 aliphatic carbocycles. The van der Waals surface area contributed by atoms with E-state index in [1.165, 1.54) is 22.3 Å². The third kappa shape index (κ3) is 3.17. The summed E-state index contributed by atoms with van der Waals surface area (Å²) in [4.78, 5) is 0. The summed E-state index contributed by atoms with van der Waals surface area (Å²) >= 11 is 0. The van der Waals surface area contributed by atoms with Crippen molar-refractivity contribution in [3.63, 3.8) is 0 Å². The normalized spacial score (nSPS) is 10.8. The van der Waals surface area contributed by atoms with Gasteiger partial charge in [0, 0.05) is 0 Å². The SMILES string of the molecule is Cc1ccc(Oc2ccc(C)c(C(C)C)c2)cc1C. The molecular weight excluding hydrogens is 232 g/mol. The van der Waals surface area contributed by atoms with E-state index in [2.05, 4.69) is 58.9 Å². The molecule has 19 heavy (non-hydrogen) atoms. The van der Waals surface area contributed by atoms with Crippen LogP contribution in [-0.2, 0) is 0 Å². The fourth-order valence-electron chi connectivity index (χ4n) is 2.22. The average molecular weight is 254 g/mol. The molecule has 1 nitrogen and oxygen atoms in total. The number of hydrogen-bond donors (Lipinski definition) is 0. The van der Waals surface area contributed by atoms with Crippen molar-refractivity contribution in [2.24, 2.45) is 0 Å². The number of hydrogen-bond acceptors (Lipinski definition) is 1. The lowest BCUT2D eigenvalue weighted by Gasteiger charge is -2.13. The second-order valence-electron chi connectivity index (χ2n) is 5.52. The highest BCUT2D eigenvalue weighted by Crippen LogP contribution is 2.28. The Labute approximate surface area is 116 Å². The first-order valence-corrected chi connectivity index (χ1v) is 6.83. The zero-order chi connectivity index (χ0) is 14.0. The third-order valence-corrected chi connectivity index (χ3v) is 3.59. The molecule has 0 aliphatic rings. The van der Waals surface area contributed by atoms with Gasteiger partial charge in [-0.1, -0.05) is 26.0 Å². The fourth-order valence-corrected chi connectivity index (χ4v) is 2.22. The molecule has 0 atom stereocenters. The molecule has 0 radical (unpaired) electrons. The van der Waals surface area contributed by atoms with Crippen molar-refractivity contribution in [2.45, 2.75) is 40.5 Å². The summed E-state index contributed by atoms with van der Waals surface area (Å²) in [7, 11) is 0. The van der Waals surface area contributed by atoms with Gasteiger partial charge in [-0.05, 0) is 73.2 Å². The molecule has 2 aromatic rings. The van der Waals surface area contributed by atoms with Crippen molar-refractivity contribution in [1.29, 1.82) is 0 Å². The lowest BCUT2D eigenvalue weighted by molar-refractivity contribution is 0.481. The van der Waals surface area contributed by atoms with Crippen LogP contribution in [0.5, 0.6) is 11.5 Å². The summed E-state index contributed by atoms with van der Waals surface area (Å²) in [6, 6.07) is 12.5. The monoisotopic (exact) mass is 254 g/mol. The maximum absolute atomic E-state index is 5.96. The van der Waals surface area contributed by atoms with Crippen molar-refractivity contribution in [3.8, 4) is 11.5 Å². The predicted molar refractivity (Wildman–Crippen MR) is 81.3 cm³/mol. The molecule has 0 amide bonds. The van der Waals surface area contributed by atoms with Gasteiger partial charge < -0.3 is 4.74 Å². The Morgan fingerprint density at radius 1 is 0.737 bits per heavy atom. The molecule has 0 bridgehead atoms. The van der Waals surface area contributed by atoms with Gasteiger partial charge in [-0.25, -0.2) is 0 Å². The van der Waals surface area contributed by atoms with Crippen LogP contribution >= 0.6 is 0 Å². The zero-order valence-corrected chi connectivity index (χ0v) is 12.4. The minimum absolute atomic E-state index is 0.517. The van der Waals surface area contributed by atoms with Crippen LogP contribution in [0.25, 0.3) is 0 Å². The summed E-state index contributed by atoms with van der Waals surface area (Å²) in [6.07, 6.45) is 0. The Morgan fingerprint density at radius 2 is 1.32 bits per heavy atom. The second-order valence-corrected chi connectivity index (χ2v) is 5.52. The van der Waals surface area contributed by atoms with E-state index in [9.17, 15) is 0 Å². The molecule has 0 unspecified atom stereocenters. The van der Waals surface area contributed by atoms with E-state index in [-0.39, 0.29) is 0 Å². The standard InChI is InChI=1S/C18H22O/c1-12(2)18-11-17(9-7-14(18)4)19-16-8-6-13(3)15(5)10-16/h6-12H,1-5H3. The predicted octanol–water partition coefficient (Wildman–Crippen LogP) is 5.53. The van der Waals surface area contributed by atoms with E-state index in [1.807, 2.05) is 12.1 Å². The van der Waals surface area contributed by atoms with Crippen LogP contribution in [0.15, 0.2) is 36.4 Å². The van der Waals surface area contributed by atoms with Crippen LogP contribution in [0.2, 0.25) is 0 Å². The molecule has 100 valence electrons. The molecule has 0 aromatic heterocycles. The first-order valence-electron chi connectivity index (χ1n) is 6.83. The largest absolute Gasteiger partial charge is 0.457 e. The van der Waals surface area contributed by atoms with Crippen molar-refractivity contribution in [3.05, 3.63) is 58.7 Å². The minimum Gasteiger partial charge on any atom is -0.457 e. The van der Waals surface area contributed by atoms with E-state index in [4.69, 9.17) is 4.74 Å². The Balaban J connectivity index is 2.28. The van der Waals surface area contributed by atoms with Gasteiger partial charge in [0.05, 0.1) is 0 Å². The zero-order valence-electron chi connectivity index (χ0n) is 12.4. The molecule has 0 N–H and O–H groups in total. The van der Waals surface area contributed by atoms with Crippen molar-refractivity contribution >= 4 is 0 Å². The molecule has 2 aromatic carbocycles. The Morgan fingerprint density at radius 3 is 1.89 bits per heavy atom. The van der Waals surface area contributed by atoms with Gasteiger partial charge >= 0.3 is 0 Å². The maximum atomic E-state index is 5.96. The van der Waals surface area contributed by atoms with Gasteiger partial charge in [-0.2, -0.15) is 0 Å². The lowest BCUT2D eigenvalue weighted by Crippen LogP contribution is -1.94. The first kappa shape index (κ1) is 13.7. The summed E-state index contributed by atoms with van der Waals surface area (Å²) in [6.45, 7) is 10.8.